The van der Waals surface area contributed by atoms with Crippen molar-refractivity contribution in [1.29, 1.82) is 0 Å². The maximum atomic E-state index is 13.3. The van der Waals surface area contributed by atoms with Crippen molar-refractivity contribution in [2.24, 2.45) is 0 Å². The highest BCUT2D eigenvalue weighted by Gasteiger charge is 2.16. The van der Waals surface area contributed by atoms with Crippen LogP contribution < -0.4 is 9.62 Å². The first-order valence-electron chi connectivity index (χ1n) is 7.37. The molecular weight excluding hydrogens is 317 g/mol. The number of aryl methyl sites for hydroxylation is 1. The van der Waals surface area contributed by atoms with Crippen molar-refractivity contribution in [3.05, 3.63) is 47.9 Å². The lowest BCUT2D eigenvalue weighted by molar-refractivity contribution is 0.598. The Morgan fingerprint density at radius 2 is 1.87 bits per heavy atom. The second-order valence-electron chi connectivity index (χ2n) is 5.09. The number of sulfonamides is 1. The number of halogens is 1. The van der Waals surface area contributed by atoms with E-state index in [4.69, 9.17) is 0 Å². The molecule has 2 aromatic rings. The molecule has 1 aromatic heterocycles. The van der Waals surface area contributed by atoms with Gasteiger partial charge in [-0.05, 0) is 56.7 Å². The fourth-order valence-corrected chi connectivity index (χ4v) is 3.31. The lowest BCUT2D eigenvalue weighted by Gasteiger charge is -2.19. The number of hydrogen-bond acceptors (Lipinski definition) is 4. The zero-order valence-electron chi connectivity index (χ0n) is 13.4. The highest BCUT2D eigenvalue weighted by atomic mass is 32.2. The smallest absolute Gasteiger partial charge is 0.261 e. The summed E-state index contributed by atoms with van der Waals surface area (Å²) in [6.07, 6.45) is 1.47. The van der Waals surface area contributed by atoms with Crippen LogP contribution in [0, 0.1) is 12.7 Å². The molecule has 0 spiro atoms. The van der Waals surface area contributed by atoms with Gasteiger partial charge in [-0.25, -0.2) is 17.8 Å². The molecule has 0 saturated carbocycles. The van der Waals surface area contributed by atoms with Crippen molar-refractivity contribution >= 4 is 21.5 Å². The van der Waals surface area contributed by atoms with E-state index >= 15 is 0 Å². The van der Waals surface area contributed by atoms with Gasteiger partial charge in [-0.2, -0.15) is 0 Å². The highest BCUT2D eigenvalue weighted by molar-refractivity contribution is 7.92. The summed E-state index contributed by atoms with van der Waals surface area (Å²) in [5.74, 6) is 0.352. The Hall–Kier alpha value is -2.15. The SMILES string of the molecule is CCN(CC)c1ccc(NS(=O)(=O)c2ccc(F)c(C)c2)cn1. The van der Waals surface area contributed by atoms with Gasteiger partial charge in [0.15, 0.2) is 0 Å². The molecule has 0 bridgehead atoms. The van der Waals surface area contributed by atoms with E-state index < -0.39 is 15.8 Å². The van der Waals surface area contributed by atoms with Crippen LogP contribution in [-0.2, 0) is 10.0 Å². The number of benzene rings is 1. The van der Waals surface area contributed by atoms with E-state index in [1.54, 1.807) is 12.1 Å². The average Bonchev–Trinajstić information content (AvgIpc) is 2.52. The van der Waals surface area contributed by atoms with E-state index in [0.717, 1.165) is 25.0 Å². The minimum absolute atomic E-state index is 0.0178. The number of nitrogens with zero attached hydrogens (tertiary/aromatic N) is 2. The molecule has 0 radical (unpaired) electrons. The zero-order valence-corrected chi connectivity index (χ0v) is 14.2. The van der Waals surface area contributed by atoms with Crippen molar-refractivity contribution in [2.75, 3.05) is 22.7 Å². The summed E-state index contributed by atoms with van der Waals surface area (Å²) in [5, 5.41) is 0. The van der Waals surface area contributed by atoms with Gasteiger partial charge in [0.2, 0.25) is 0 Å². The molecule has 0 fully saturated rings. The van der Waals surface area contributed by atoms with Gasteiger partial charge in [0.1, 0.15) is 11.6 Å². The summed E-state index contributed by atoms with van der Waals surface area (Å²) in [5.41, 5.74) is 0.644. The van der Waals surface area contributed by atoms with Crippen molar-refractivity contribution < 1.29 is 12.8 Å². The number of pyridine rings is 1. The van der Waals surface area contributed by atoms with Gasteiger partial charge in [0, 0.05) is 13.1 Å². The van der Waals surface area contributed by atoms with E-state index in [1.165, 1.54) is 25.3 Å². The molecule has 23 heavy (non-hydrogen) atoms. The van der Waals surface area contributed by atoms with Gasteiger partial charge in [-0.3, -0.25) is 4.72 Å². The Kier molecular flexibility index (Phi) is 5.20. The maximum absolute atomic E-state index is 13.3. The third-order valence-corrected chi connectivity index (χ3v) is 4.91. The molecule has 0 amide bonds. The molecule has 0 saturated heterocycles. The molecule has 2 rings (SSSR count). The van der Waals surface area contributed by atoms with Crippen molar-refractivity contribution in [2.45, 2.75) is 25.7 Å². The Bertz CT molecular complexity index is 772. The first-order chi connectivity index (χ1) is 10.9. The molecule has 5 nitrogen and oxygen atoms in total. The number of aromatic nitrogens is 1. The fourth-order valence-electron chi connectivity index (χ4n) is 2.18. The molecule has 7 heteroatoms. The lowest BCUT2D eigenvalue weighted by Crippen LogP contribution is -2.23. The average molecular weight is 337 g/mol. The van der Waals surface area contributed by atoms with Gasteiger partial charge in [-0.15, -0.1) is 0 Å². The second-order valence-corrected chi connectivity index (χ2v) is 6.78. The summed E-state index contributed by atoms with van der Waals surface area (Å²) < 4.78 is 40.4. The Balaban J connectivity index is 2.22. The largest absolute Gasteiger partial charge is 0.357 e. The number of rotatable bonds is 6. The van der Waals surface area contributed by atoms with E-state index in [1.807, 2.05) is 13.8 Å². The molecule has 1 N–H and O–H groups in total. The zero-order chi connectivity index (χ0) is 17.0. The summed E-state index contributed by atoms with van der Waals surface area (Å²) >= 11 is 0. The monoisotopic (exact) mass is 337 g/mol. The summed E-state index contributed by atoms with van der Waals surface area (Å²) in [4.78, 5) is 6.34. The molecule has 0 unspecified atom stereocenters. The third kappa shape index (κ3) is 3.98. The number of hydrogen-bond donors (Lipinski definition) is 1. The van der Waals surface area contributed by atoms with Crippen LogP contribution in [0.5, 0.6) is 0 Å². The Morgan fingerprint density at radius 3 is 2.39 bits per heavy atom. The molecule has 0 atom stereocenters. The van der Waals surface area contributed by atoms with Crippen LogP contribution in [-0.4, -0.2) is 26.5 Å². The molecule has 124 valence electrons. The van der Waals surface area contributed by atoms with Crippen LogP contribution in [0.1, 0.15) is 19.4 Å². The van der Waals surface area contributed by atoms with Crippen LogP contribution in [0.4, 0.5) is 15.9 Å². The number of anilines is 2. The van der Waals surface area contributed by atoms with E-state index in [2.05, 4.69) is 14.6 Å². The van der Waals surface area contributed by atoms with Crippen LogP contribution in [0.3, 0.4) is 0 Å². The van der Waals surface area contributed by atoms with Crippen LogP contribution in [0.25, 0.3) is 0 Å². The quantitative estimate of drug-likeness (QED) is 0.879. The van der Waals surface area contributed by atoms with Crippen molar-refractivity contribution in [1.82, 2.24) is 4.98 Å². The second kappa shape index (κ2) is 6.95. The minimum Gasteiger partial charge on any atom is -0.357 e. The van der Waals surface area contributed by atoms with Crippen LogP contribution >= 0.6 is 0 Å². The van der Waals surface area contributed by atoms with E-state index in [-0.39, 0.29) is 10.5 Å². The van der Waals surface area contributed by atoms with Gasteiger partial charge in [0.25, 0.3) is 10.0 Å². The van der Waals surface area contributed by atoms with Crippen molar-refractivity contribution in [3.8, 4) is 0 Å². The predicted octanol–water partition coefficient (Wildman–Crippen LogP) is 3.18. The van der Waals surface area contributed by atoms with Crippen molar-refractivity contribution in [3.63, 3.8) is 0 Å². The standard InChI is InChI=1S/C16H20FN3O2S/c1-4-20(5-2)16-9-6-13(11-18-16)19-23(21,22)14-7-8-15(17)12(3)10-14/h6-11,19H,4-5H2,1-3H3. The molecule has 0 aliphatic rings. The number of nitrogens with one attached hydrogen (secondary N) is 1. The summed E-state index contributed by atoms with van der Waals surface area (Å²) in [6, 6.07) is 7.11. The predicted molar refractivity (Wildman–Crippen MR) is 89.7 cm³/mol. The first-order valence-corrected chi connectivity index (χ1v) is 8.85. The molecule has 0 aliphatic heterocycles. The first kappa shape index (κ1) is 17.2. The maximum Gasteiger partial charge on any atom is 0.261 e. The fraction of sp³-hybridized carbons (Fsp3) is 0.312. The Labute approximate surface area is 136 Å². The summed E-state index contributed by atoms with van der Waals surface area (Å²) in [7, 11) is -3.77. The van der Waals surface area contributed by atoms with Crippen LogP contribution in [0.15, 0.2) is 41.4 Å². The van der Waals surface area contributed by atoms with E-state index in [0.29, 0.717) is 5.69 Å². The van der Waals surface area contributed by atoms with Gasteiger partial charge < -0.3 is 4.90 Å². The molecule has 0 aliphatic carbocycles. The van der Waals surface area contributed by atoms with Gasteiger partial charge in [0.05, 0.1) is 16.8 Å². The Morgan fingerprint density at radius 1 is 1.17 bits per heavy atom. The molecule has 1 aromatic carbocycles. The molecule has 1 heterocycles. The van der Waals surface area contributed by atoms with Crippen LogP contribution in [0.2, 0.25) is 0 Å². The minimum atomic E-state index is -3.77. The normalized spacial score (nSPS) is 11.3. The van der Waals surface area contributed by atoms with Gasteiger partial charge in [-0.1, -0.05) is 0 Å². The lowest BCUT2D eigenvalue weighted by atomic mass is 10.2. The highest BCUT2D eigenvalue weighted by Crippen LogP contribution is 2.19. The topological polar surface area (TPSA) is 62.3 Å². The third-order valence-electron chi connectivity index (χ3n) is 3.53. The van der Waals surface area contributed by atoms with E-state index in [9.17, 15) is 12.8 Å². The van der Waals surface area contributed by atoms with Gasteiger partial charge >= 0.3 is 0 Å². The summed E-state index contributed by atoms with van der Waals surface area (Å²) in [6.45, 7) is 7.22. The molecular formula is C16H20FN3O2S.